The van der Waals surface area contributed by atoms with E-state index in [2.05, 4.69) is 4.90 Å². The van der Waals surface area contributed by atoms with E-state index in [1.807, 2.05) is 17.5 Å². The molecule has 0 aromatic carbocycles. The number of piperidine rings is 3. The van der Waals surface area contributed by atoms with Crippen molar-refractivity contribution in [1.29, 1.82) is 0 Å². The zero-order valence-electron chi connectivity index (χ0n) is 13.4. The Bertz CT molecular complexity index is 547. The molecular weight excluding hydrogens is 310 g/mol. The number of hydrogen-bond donors (Lipinski definition) is 1. The molecule has 1 saturated carbocycles. The van der Waals surface area contributed by atoms with Gasteiger partial charge in [0.15, 0.2) is 5.60 Å². The summed E-state index contributed by atoms with van der Waals surface area (Å²) >= 11 is 1.46. The van der Waals surface area contributed by atoms with E-state index in [1.165, 1.54) is 11.3 Å². The minimum Gasteiger partial charge on any atom is -0.458 e. The Morgan fingerprint density at radius 1 is 1.26 bits per heavy atom. The maximum absolute atomic E-state index is 13.0. The van der Waals surface area contributed by atoms with Crippen molar-refractivity contribution in [2.24, 2.45) is 11.8 Å². The van der Waals surface area contributed by atoms with Gasteiger partial charge in [-0.05, 0) is 56.1 Å². The Kier molecular flexibility index (Phi) is 4.20. The highest BCUT2D eigenvalue weighted by molar-refractivity contribution is 7.10. The Morgan fingerprint density at radius 2 is 2.00 bits per heavy atom. The molecule has 3 saturated heterocycles. The predicted molar refractivity (Wildman–Crippen MR) is 89.2 cm³/mol. The standard InChI is InChI=1S/C18H25NO3S/c20-17(22-15-12-19-9-7-13(15)8-10-19)18(21,14-4-1-2-5-14)16-6-3-11-23-16/h3,6,11,13-15,21H,1-2,4-5,7-10,12H2/t15-,18?/m0/s1. The van der Waals surface area contributed by atoms with Crippen LogP contribution in [0.2, 0.25) is 0 Å². The summed E-state index contributed by atoms with van der Waals surface area (Å²) in [6, 6.07) is 3.78. The second-order valence-electron chi connectivity index (χ2n) is 7.31. The summed E-state index contributed by atoms with van der Waals surface area (Å²) in [5.41, 5.74) is -1.45. The third-order valence-electron chi connectivity index (χ3n) is 6.01. The fraction of sp³-hybridized carbons (Fsp3) is 0.722. The predicted octanol–water partition coefficient (Wildman–Crippen LogP) is 2.76. The van der Waals surface area contributed by atoms with Crippen LogP contribution in [-0.4, -0.2) is 41.7 Å². The number of carbonyl (C=O) groups excluding carboxylic acids is 1. The van der Waals surface area contributed by atoms with Crippen molar-refractivity contribution in [2.75, 3.05) is 19.6 Å². The molecule has 1 aromatic rings. The Balaban J connectivity index is 1.55. The third kappa shape index (κ3) is 2.73. The number of fused-ring (bicyclic) bond motifs is 3. The van der Waals surface area contributed by atoms with Gasteiger partial charge in [-0.25, -0.2) is 4.79 Å². The molecule has 23 heavy (non-hydrogen) atoms. The lowest BCUT2D eigenvalue weighted by Gasteiger charge is -2.45. The van der Waals surface area contributed by atoms with E-state index in [4.69, 9.17) is 4.74 Å². The minimum absolute atomic E-state index is 0.00488. The van der Waals surface area contributed by atoms with Crippen LogP contribution in [0.4, 0.5) is 0 Å². The van der Waals surface area contributed by atoms with Crippen molar-refractivity contribution >= 4 is 17.3 Å². The van der Waals surface area contributed by atoms with Gasteiger partial charge in [-0.3, -0.25) is 4.90 Å². The SMILES string of the molecule is O=C(O[C@H]1CN2CCC1CC2)C(O)(c1cccs1)C1CCCC1. The molecular formula is C18H25NO3S. The van der Waals surface area contributed by atoms with E-state index in [-0.39, 0.29) is 12.0 Å². The molecule has 0 radical (unpaired) electrons. The van der Waals surface area contributed by atoms with E-state index in [9.17, 15) is 9.90 Å². The summed E-state index contributed by atoms with van der Waals surface area (Å²) in [4.78, 5) is 16.1. The zero-order chi connectivity index (χ0) is 15.9. The molecule has 1 unspecified atom stereocenters. The third-order valence-corrected chi connectivity index (χ3v) is 7.00. The number of carbonyl (C=O) groups is 1. The molecule has 4 heterocycles. The highest BCUT2D eigenvalue weighted by Gasteiger charge is 2.50. The van der Waals surface area contributed by atoms with E-state index in [0.29, 0.717) is 5.92 Å². The number of rotatable bonds is 4. The highest BCUT2D eigenvalue weighted by Crippen LogP contribution is 2.44. The van der Waals surface area contributed by atoms with Gasteiger partial charge in [0.1, 0.15) is 6.10 Å². The zero-order valence-corrected chi connectivity index (χ0v) is 14.3. The van der Waals surface area contributed by atoms with Crippen molar-refractivity contribution in [2.45, 2.75) is 50.2 Å². The van der Waals surface area contributed by atoms with E-state index < -0.39 is 11.6 Å². The first-order valence-corrected chi connectivity index (χ1v) is 9.75. The van der Waals surface area contributed by atoms with Gasteiger partial charge in [0.25, 0.3) is 0 Å². The van der Waals surface area contributed by atoms with Crippen LogP contribution in [0.15, 0.2) is 17.5 Å². The van der Waals surface area contributed by atoms with Gasteiger partial charge >= 0.3 is 5.97 Å². The van der Waals surface area contributed by atoms with E-state index >= 15 is 0 Å². The first-order chi connectivity index (χ1) is 11.2. The smallest absolute Gasteiger partial charge is 0.344 e. The summed E-state index contributed by atoms with van der Waals surface area (Å²) in [7, 11) is 0. The van der Waals surface area contributed by atoms with Crippen molar-refractivity contribution in [3.8, 4) is 0 Å². The molecule has 4 nitrogen and oxygen atoms in total. The van der Waals surface area contributed by atoms with Crippen LogP contribution in [0.3, 0.4) is 0 Å². The lowest BCUT2D eigenvalue weighted by molar-refractivity contribution is -0.187. The fourth-order valence-electron chi connectivity index (χ4n) is 4.58. The van der Waals surface area contributed by atoms with Crippen molar-refractivity contribution in [1.82, 2.24) is 4.90 Å². The van der Waals surface area contributed by atoms with Gasteiger partial charge in [0.05, 0.1) is 0 Å². The number of nitrogens with zero attached hydrogens (tertiary/aromatic N) is 1. The molecule has 1 N–H and O–H groups in total. The second-order valence-corrected chi connectivity index (χ2v) is 8.25. The normalized spacial score (nSPS) is 33.5. The lowest BCUT2D eigenvalue weighted by atomic mass is 9.83. The van der Waals surface area contributed by atoms with Crippen molar-refractivity contribution in [3.63, 3.8) is 0 Å². The van der Waals surface area contributed by atoms with Crippen LogP contribution in [0.1, 0.15) is 43.4 Å². The number of esters is 1. The van der Waals surface area contributed by atoms with Crippen molar-refractivity contribution < 1.29 is 14.6 Å². The molecule has 126 valence electrons. The van der Waals surface area contributed by atoms with Gasteiger partial charge in [-0.15, -0.1) is 11.3 Å². The molecule has 1 aliphatic carbocycles. The average Bonchev–Trinajstić information content (AvgIpc) is 3.29. The average molecular weight is 335 g/mol. The van der Waals surface area contributed by atoms with Crippen molar-refractivity contribution in [3.05, 3.63) is 22.4 Å². The van der Waals surface area contributed by atoms with Crippen LogP contribution in [0, 0.1) is 11.8 Å². The summed E-state index contributed by atoms with van der Waals surface area (Å²) in [5, 5.41) is 13.3. The van der Waals surface area contributed by atoms with Gasteiger partial charge in [-0.1, -0.05) is 18.9 Å². The number of aliphatic hydroxyl groups is 1. The van der Waals surface area contributed by atoms with Gasteiger partial charge in [-0.2, -0.15) is 0 Å². The highest BCUT2D eigenvalue weighted by atomic mass is 32.1. The molecule has 4 fully saturated rings. The second kappa shape index (κ2) is 6.19. The number of thiophene rings is 1. The Morgan fingerprint density at radius 3 is 2.57 bits per heavy atom. The van der Waals surface area contributed by atoms with Crippen LogP contribution in [-0.2, 0) is 15.1 Å². The largest absolute Gasteiger partial charge is 0.458 e. The molecule has 0 spiro atoms. The molecule has 1 aromatic heterocycles. The summed E-state index contributed by atoms with van der Waals surface area (Å²) in [6.07, 6.45) is 6.17. The molecule has 3 aliphatic heterocycles. The monoisotopic (exact) mass is 335 g/mol. The van der Waals surface area contributed by atoms with E-state index in [0.717, 1.165) is 63.0 Å². The molecule has 0 amide bonds. The van der Waals surface area contributed by atoms with Gasteiger partial charge in [0, 0.05) is 17.3 Å². The quantitative estimate of drug-likeness (QED) is 0.860. The Labute approximate surface area is 141 Å². The van der Waals surface area contributed by atoms with Crippen LogP contribution < -0.4 is 0 Å². The molecule has 4 aliphatic rings. The first kappa shape index (κ1) is 15.6. The minimum atomic E-state index is -1.45. The molecule has 5 heteroatoms. The first-order valence-electron chi connectivity index (χ1n) is 8.87. The molecule has 2 atom stereocenters. The van der Waals surface area contributed by atoms with Crippen LogP contribution in [0.25, 0.3) is 0 Å². The fourth-order valence-corrected chi connectivity index (χ4v) is 5.47. The number of hydrogen-bond acceptors (Lipinski definition) is 5. The summed E-state index contributed by atoms with van der Waals surface area (Å²) in [5.74, 6) is 0.0560. The maximum Gasteiger partial charge on any atom is 0.344 e. The summed E-state index contributed by atoms with van der Waals surface area (Å²) < 4.78 is 5.90. The van der Waals surface area contributed by atoms with Gasteiger partial charge in [0.2, 0.25) is 0 Å². The molecule has 5 rings (SSSR count). The van der Waals surface area contributed by atoms with Crippen LogP contribution >= 0.6 is 11.3 Å². The van der Waals surface area contributed by atoms with E-state index in [1.54, 1.807) is 0 Å². The maximum atomic E-state index is 13.0. The molecule has 2 bridgehead atoms. The summed E-state index contributed by atoms with van der Waals surface area (Å²) in [6.45, 7) is 3.08. The Hall–Kier alpha value is -0.910. The number of ether oxygens (including phenoxy) is 1. The lowest BCUT2D eigenvalue weighted by Crippen LogP contribution is -2.54. The van der Waals surface area contributed by atoms with Gasteiger partial charge < -0.3 is 9.84 Å². The topological polar surface area (TPSA) is 49.8 Å². The van der Waals surface area contributed by atoms with Crippen LogP contribution in [0.5, 0.6) is 0 Å².